The van der Waals surface area contributed by atoms with E-state index in [4.69, 9.17) is 9.47 Å². The molecule has 0 radical (unpaired) electrons. The smallest absolute Gasteiger partial charge is 0.137 e. The zero-order valence-electron chi connectivity index (χ0n) is 19.6. The number of hydrogen-bond acceptors (Lipinski definition) is 3. The molecule has 3 atom stereocenters. The third-order valence-corrected chi connectivity index (χ3v) is 7.99. The lowest BCUT2D eigenvalue weighted by Crippen LogP contribution is -2.56. The maximum absolute atomic E-state index is 12.7. The minimum atomic E-state index is 0.0655. The summed E-state index contributed by atoms with van der Waals surface area (Å²) in [6.45, 7) is 11.4. The largest absolute Gasteiger partial charge is 0.496 e. The molecule has 162 valence electrons. The van der Waals surface area contributed by atoms with E-state index in [-0.39, 0.29) is 22.7 Å². The Bertz CT molecular complexity index is 721. The molecule has 3 heteroatoms. The van der Waals surface area contributed by atoms with Gasteiger partial charge in [0, 0.05) is 23.8 Å². The summed E-state index contributed by atoms with van der Waals surface area (Å²) in [7, 11) is 3.49. The lowest BCUT2D eigenvalue weighted by Gasteiger charge is -2.59. The van der Waals surface area contributed by atoms with Crippen LogP contribution in [-0.2, 0) is 10.2 Å². The van der Waals surface area contributed by atoms with Crippen LogP contribution in [0.4, 0.5) is 0 Å². The van der Waals surface area contributed by atoms with Gasteiger partial charge < -0.3 is 9.47 Å². The van der Waals surface area contributed by atoms with Gasteiger partial charge in [-0.2, -0.15) is 0 Å². The normalized spacial score (nSPS) is 25.5. The topological polar surface area (TPSA) is 35.5 Å². The third kappa shape index (κ3) is 3.94. The van der Waals surface area contributed by atoms with E-state index in [0.717, 1.165) is 29.9 Å². The van der Waals surface area contributed by atoms with Crippen LogP contribution in [0, 0.1) is 17.3 Å². The molecule has 3 saturated carbocycles. The van der Waals surface area contributed by atoms with E-state index in [1.165, 1.54) is 31.2 Å². The number of methoxy groups -OCH3 is 2. The molecule has 0 heterocycles. The van der Waals surface area contributed by atoms with Crippen molar-refractivity contribution in [1.82, 2.24) is 0 Å². The van der Waals surface area contributed by atoms with Crippen LogP contribution in [-0.4, -0.2) is 20.0 Å². The van der Waals surface area contributed by atoms with Crippen molar-refractivity contribution < 1.29 is 14.3 Å². The summed E-state index contributed by atoms with van der Waals surface area (Å²) >= 11 is 0. The molecule has 3 aliphatic carbocycles. The van der Waals surface area contributed by atoms with Gasteiger partial charge in [-0.3, -0.25) is 4.79 Å². The van der Waals surface area contributed by atoms with Crippen molar-refractivity contribution in [3.8, 4) is 11.5 Å². The fourth-order valence-electron chi connectivity index (χ4n) is 5.83. The van der Waals surface area contributed by atoms with E-state index in [0.29, 0.717) is 18.1 Å². The molecule has 2 bridgehead atoms. The summed E-state index contributed by atoms with van der Waals surface area (Å²) in [6.07, 6.45) is 7.86. The van der Waals surface area contributed by atoms with E-state index >= 15 is 0 Å². The van der Waals surface area contributed by atoms with E-state index in [1.807, 2.05) is 0 Å². The van der Waals surface area contributed by atoms with Crippen molar-refractivity contribution in [3.63, 3.8) is 0 Å². The second-order valence-electron chi connectivity index (χ2n) is 10.5. The van der Waals surface area contributed by atoms with Gasteiger partial charge in [-0.05, 0) is 47.3 Å². The highest BCUT2D eigenvalue weighted by atomic mass is 16.5. The minimum Gasteiger partial charge on any atom is -0.496 e. The van der Waals surface area contributed by atoms with Crippen LogP contribution in [0.2, 0.25) is 0 Å². The van der Waals surface area contributed by atoms with Crippen LogP contribution in [0.3, 0.4) is 0 Å². The predicted molar refractivity (Wildman–Crippen MR) is 119 cm³/mol. The molecule has 0 spiro atoms. The standard InChI is InChI=1S/C26H40O3/c1-8-9-10-11-12-25(2,3)17-13-22(28-6)24(23(14-17)29-7)18-15-21(27)20-16-19(18)26(20,4)5/h13-14,18-20H,8-12,15-16H2,1-7H3/t18-,19+,20-/m0/s1. The summed E-state index contributed by atoms with van der Waals surface area (Å²) in [4.78, 5) is 12.7. The Kier molecular flexibility index (Phi) is 6.36. The first-order valence-electron chi connectivity index (χ1n) is 11.5. The van der Waals surface area contributed by atoms with Crippen LogP contribution in [0.1, 0.15) is 96.6 Å². The second kappa shape index (κ2) is 8.32. The molecule has 0 aliphatic heterocycles. The molecule has 4 rings (SSSR count). The van der Waals surface area contributed by atoms with E-state index in [2.05, 4.69) is 46.8 Å². The molecule has 1 aromatic rings. The van der Waals surface area contributed by atoms with Gasteiger partial charge in [-0.25, -0.2) is 0 Å². The highest BCUT2D eigenvalue weighted by Gasteiger charge is 2.59. The zero-order valence-corrected chi connectivity index (χ0v) is 19.6. The summed E-state index contributed by atoms with van der Waals surface area (Å²) in [5.74, 6) is 3.13. The van der Waals surface area contributed by atoms with Gasteiger partial charge in [0.1, 0.15) is 17.3 Å². The Morgan fingerprint density at radius 1 is 1.07 bits per heavy atom. The fraction of sp³-hybridized carbons (Fsp3) is 0.731. The third-order valence-electron chi connectivity index (χ3n) is 7.99. The van der Waals surface area contributed by atoms with Crippen LogP contribution in [0.15, 0.2) is 12.1 Å². The highest BCUT2D eigenvalue weighted by molar-refractivity contribution is 5.86. The molecule has 0 saturated heterocycles. The van der Waals surface area contributed by atoms with E-state index in [1.54, 1.807) is 14.2 Å². The SMILES string of the molecule is CCCCCCC(C)(C)c1cc(OC)c([C@H]2CC(=O)[C@@H]3C[C@H]2C3(C)C)c(OC)c1. The fourth-order valence-corrected chi connectivity index (χ4v) is 5.83. The van der Waals surface area contributed by atoms with Crippen LogP contribution >= 0.6 is 0 Å². The van der Waals surface area contributed by atoms with Crippen LogP contribution < -0.4 is 9.47 Å². The second-order valence-corrected chi connectivity index (χ2v) is 10.5. The minimum absolute atomic E-state index is 0.0655. The predicted octanol–water partition coefficient (Wildman–Crippen LogP) is 6.67. The summed E-state index contributed by atoms with van der Waals surface area (Å²) in [5, 5.41) is 0. The Hall–Kier alpha value is -1.51. The molecule has 0 unspecified atom stereocenters. The van der Waals surface area contributed by atoms with Gasteiger partial charge in [0.2, 0.25) is 0 Å². The van der Waals surface area contributed by atoms with Gasteiger partial charge in [0.25, 0.3) is 0 Å². The van der Waals surface area contributed by atoms with Crippen molar-refractivity contribution in [2.45, 2.75) is 90.9 Å². The molecular formula is C26H40O3. The van der Waals surface area contributed by atoms with Crippen molar-refractivity contribution in [2.75, 3.05) is 14.2 Å². The molecule has 0 aromatic heterocycles. The van der Waals surface area contributed by atoms with E-state index < -0.39 is 0 Å². The van der Waals surface area contributed by atoms with Gasteiger partial charge in [0.05, 0.1) is 14.2 Å². The Balaban J connectivity index is 1.94. The number of benzene rings is 1. The Morgan fingerprint density at radius 3 is 2.17 bits per heavy atom. The molecule has 3 aliphatic rings. The molecule has 0 N–H and O–H groups in total. The van der Waals surface area contributed by atoms with Gasteiger partial charge in [0.15, 0.2) is 0 Å². The molecular weight excluding hydrogens is 360 g/mol. The van der Waals surface area contributed by atoms with Crippen molar-refractivity contribution in [2.24, 2.45) is 17.3 Å². The van der Waals surface area contributed by atoms with Crippen molar-refractivity contribution in [1.29, 1.82) is 0 Å². The number of ether oxygens (including phenoxy) is 2. The lowest BCUT2D eigenvalue weighted by molar-refractivity contribution is -0.151. The number of carbonyl (C=O) groups is 1. The van der Waals surface area contributed by atoms with E-state index in [9.17, 15) is 4.79 Å². The van der Waals surface area contributed by atoms with Gasteiger partial charge in [-0.1, -0.05) is 60.3 Å². The maximum Gasteiger partial charge on any atom is 0.137 e. The number of carbonyl (C=O) groups excluding carboxylic acids is 1. The lowest BCUT2D eigenvalue weighted by atomic mass is 9.44. The maximum atomic E-state index is 12.7. The molecule has 29 heavy (non-hydrogen) atoms. The van der Waals surface area contributed by atoms with Crippen LogP contribution in [0.25, 0.3) is 0 Å². The van der Waals surface area contributed by atoms with Crippen molar-refractivity contribution >= 4 is 5.78 Å². The Labute approximate surface area is 177 Å². The molecule has 1 aromatic carbocycles. The number of rotatable bonds is 9. The zero-order chi connectivity index (χ0) is 21.4. The van der Waals surface area contributed by atoms with Gasteiger partial charge in [-0.15, -0.1) is 0 Å². The van der Waals surface area contributed by atoms with Crippen molar-refractivity contribution in [3.05, 3.63) is 23.3 Å². The summed E-state index contributed by atoms with van der Waals surface area (Å²) in [5.41, 5.74) is 2.51. The monoisotopic (exact) mass is 400 g/mol. The number of hydrogen-bond donors (Lipinski definition) is 0. The highest BCUT2D eigenvalue weighted by Crippen LogP contribution is 2.64. The average Bonchev–Trinajstić information content (AvgIpc) is 2.69. The molecule has 3 fully saturated rings. The quantitative estimate of drug-likeness (QED) is 0.434. The first-order valence-corrected chi connectivity index (χ1v) is 11.5. The molecule has 0 amide bonds. The van der Waals surface area contributed by atoms with Crippen LogP contribution in [0.5, 0.6) is 11.5 Å². The summed E-state index contributed by atoms with van der Waals surface area (Å²) < 4.78 is 11.8. The average molecular weight is 401 g/mol. The Morgan fingerprint density at radius 2 is 1.69 bits per heavy atom. The number of Topliss-reactive ketones (excluding diaryl/α,β-unsaturated/α-hetero) is 1. The number of ketones is 1. The molecule has 3 nitrogen and oxygen atoms in total. The summed E-state index contributed by atoms with van der Waals surface area (Å²) in [6, 6.07) is 4.42. The van der Waals surface area contributed by atoms with Gasteiger partial charge >= 0.3 is 0 Å². The first-order chi connectivity index (χ1) is 13.7. The number of unbranched alkanes of at least 4 members (excludes halogenated alkanes) is 3. The number of fused-ring (bicyclic) bond motifs is 2. The first kappa shape index (κ1) is 22.2.